The number of nitrogens with one attached hydrogen (secondary N) is 1. The van der Waals surface area contributed by atoms with Gasteiger partial charge in [0.05, 0.1) is 6.04 Å². The van der Waals surface area contributed by atoms with Crippen LogP contribution in [0.15, 0.2) is 0 Å². The molecule has 0 saturated carbocycles. The highest BCUT2D eigenvalue weighted by atomic mass is 19.3. The van der Waals surface area contributed by atoms with Gasteiger partial charge in [-0.1, -0.05) is 26.2 Å². The summed E-state index contributed by atoms with van der Waals surface area (Å²) in [6, 6.07) is -0.832. The molecule has 11 heavy (non-hydrogen) atoms. The van der Waals surface area contributed by atoms with E-state index in [-0.39, 0.29) is 0 Å². The molecule has 2 nitrogen and oxygen atoms in total. The molecular weight excluding hydrogens is 150 g/mol. The van der Waals surface area contributed by atoms with Gasteiger partial charge in [0.25, 0.3) is 6.43 Å². The molecular formula is C7H16F2N2. The predicted molar refractivity (Wildman–Crippen MR) is 41.3 cm³/mol. The normalized spacial score (nSPS) is 13.9. The zero-order chi connectivity index (χ0) is 8.69. The number of unbranched alkanes of at least 4 members (excludes halogenated alkanes) is 2. The first-order chi connectivity index (χ1) is 5.22. The van der Waals surface area contributed by atoms with Crippen LogP contribution in [0.4, 0.5) is 8.78 Å². The second-order valence-electron chi connectivity index (χ2n) is 2.60. The summed E-state index contributed by atoms with van der Waals surface area (Å²) < 4.78 is 24.0. The lowest BCUT2D eigenvalue weighted by Crippen LogP contribution is -2.40. The predicted octanol–water partition coefficient (Wildman–Crippen LogP) is 1.66. The molecule has 0 heterocycles. The van der Waals surface area contributed by atoms with Gasteiger partial charge in [-0.25, -0.2) is 8.78 Å². The Kier molecular flexibility index (Phi) is 6.36. The van der Waals surface area contributed by atoms with Crippen molar-refractivity contribution < 1.29 is 8.78 Å². The second kappa shape index (κ2) is 6.49. The third kappa shape index (κ3) is 5.09. The number of rotatable bonds is 6. The van der Waals surface area contributed by atoms with E-state index in [0.717, 1.165) is 19.3 Å². The van der Waals surface area contributed by atoms with Gasteiger partial charge in [0, 0.05) is 0 Å². The van der Waals surface area contributed by atoms with E-state index in [1.54, 1.807) is 0 Å². The molecule has 0 spiro atoms. The molecule has 0 amide bonds. The van der Waals surface area contributed by atoms with E-state index in [9.17, 15) is 8.78 Å². The Labute approximate surface area is 66.1 Å². The first-order valence-corrected chi connectivity index (χ1v) is 3.96. The summed E-state index contributed by atoms with van der Waals surface area (Å²) in [4.78, 5) is 0. The summed E-state index contributed by atoms with van der Waals surface area (Å²) in [6.45, 7) is 2.03. The van der Waals surface area contributed by atoms with E-state index in [0.29, 0.717) is 6.42 Å². The number of halogens is 2. The van der Waals surface area contributed by atoms with Crippen molar-refractivity contribution in [2.45, 2.75) is 45.1 Å². The number of hydrogen-bond acceptors (Lipinski definition) is 2. The molecule has 0 aliphatic rings. The standard InChI is InChI=1S/C7H16F2N2/c1-2-3-4-5-6(11-10)7(8)9/h6-7,11H,2-5,10H2,1H3. The molecule has 1 atom stereocenters. The minimum absolute atomic E-state index is 0.460. The number of hydrazine groups is 1. The van der Waals surface area contributed by atoms with Gasteiger partial charge in [-0.05, 0) is 6.42 Å². The van der Waals surface area contributed by atoms with Gasteiger partial charge in [0.1, 0.15) is 0 Å². The lowest BCUT2D eigenvalue weighted by Gasteiger charge is -2.13. The Balaban J connectivity index is 3.36. The van der Waals surface area contributed by atoms with Crippen molar-refractivity contribution in [3.8, 4) is 0 Å². The molecule has 0 bridgehead atoms. The fourth-order valence-electron chi connectivity index (χ4n) is 0.896. The van der Waals surface area contributed by atoms with Crippen LogP contribution in [0.3, 0.4) is 0 Å². The van der Waals surface area contributed by atoms with Crippen molar-refractivity contribution >= 4 is 0 Å². The van der Waals surface area contributed by atoms with Crippen LogP contribution in [-0.2, 0) is 0 Å². The van der Waals surface area contributed by atoms with Crippen LogP contribution in [-0.4, -0.2) is 12.5 Å². The molecule has 0 aromatic rings. The number of alkyl halides is 2. The van der Waals surface area contributed by atoms with Crippen LogP contribution in [0.5, 0.6) is 0 Å². The van der Waals surface area contributed by atoms with Crippen LogP contribution < -0.4 is 11.3 Å². The Hall–Kier alpha value is -0.220. The monoisotopic (exact) mass is 166 g/mol. The third-order valence-electron chi connectivity index (χ3n) is 1.64. The SMILES string of the molecule is CCCCCC(NN)C(F)F. The first-order valence-electron chi connectivity index (χ1n) is 3.96. The third-order valence-corrected chi connectivity index (χ3v) is 1.64. The maximum absolute atomic E-state index is 12.0. The van der Waals surface area contributed by atoms with Gasteiger partial charge in [0.15, 0.2) is 0 Å². The van der Waals surface area contributed by atoms with Crippen LogP contribution in [0.2, 0.25) is 0 Å². The molecule has 3 N–H and O–H groups in total. The minimum Gasteiger partial charge on any atom is -0.271 e. The van der Waals surface area contributed by atoms with Gasteiger partial charge in [-0.2, -0.15) is 0 Å². The zero-order valence-corrected chi connectivity index (χ0v) is 6.82. The highest BCUT2D eigenvalue weighted by Gasteiger charge is 2.17. The number of hydrogen-bond donors (Lipinski definition) is 2. The van der Waals surface area contributed by atoms with E-state index in [2.05, 4.69) is 5.43 Å². The quantitative estimate of drug-likeness (QED) is 0.358. The van der Waals surface area contributed by atoms with Crippen molar-refractivity contribution in [3.63, 3.8) is 0 Å². The van der Waals surface area contributed by atoms with Crippen molar-refractivity contribution in [1.29, 1.82) is 0 Å². The van der Waals surface area contributed by atoms with Crippen molar-refractivity contribution in [2.75, 3.05) is 0 Å². The van der Waals surface area contributed by atoms with E-state index in [1.165, 1.54) is 0 Å². The molecule has 1 unspecified atom stereocenters. The summed E-state index contributed by atoms with van der Waals surface area (Å²) in [5.74, 6) is 4.93. The van der Waals surface area contributed by atoms with E-state index >= 15 is 0 Å². The van der Waals surface area contributed by atoms with Crippen LogP contribution in [0, 0.1) is 0 Å². The molecule has 0 saturated heterocycles. The summed E-state index contributed by atoms with van der Waals surface area (Å²) >= 11 is 0. The van der Waals surface area contributed by atoms with Crippen LogP contribution >= 0.6 is 0 Å². The molecule has 0 aromatic heterocycles. The van der Waals surface area contributed by atoms with Crippen molar-refractivity contribution in [2.24, 2.45) is 5.84 Å². The molecule has 0 rings (SSSR count). The van der Waals surface area contributed by atoms with Gasteiger partial charge in [-0.3, -0.25) is 11.3 Å². The molecule has 0 radical (unpaired) electrons. The summed E-state index contributed by atoms with van der Waals surface area (Å²) in [5, 5.41) is 0. The average Bonchev–Trinajstić information content (AvgIpc) is 1.97. The zero-order valence-electron chi connectivity index (χ0n) is 6.82. The molecule has 0 aromatic carbocycles. The van der Waals surface area contributed by atoms with E-state index < -0.39 is 12.5 Å². The summed E-state index contributed by atoms with van der Waals surface area (Å²) in [6.07, 6.45) is 0.959. The fourth-order valence-corrected chi connectivity index (χ4v) is 0.896. The lowest BCUT2D eigenvalue weighted by molar-refractivity contribution is 0.0930. The lowest BCUT2D eigenvalue weighted by atomic mass is 10.1. The highest BCUT2D eigenvalue weighted by Crippen LogP contribution is 2.09. The smallest absolute Gasteiger partial charge is 0.255 e. The van der Waals surface area contributed by atoms with E-state index in [1.807, 2.05) is 6.92 Å². The van der Waals surface area contributed by atoms with Gasteiger partial charge < -0.3 is 0 Å². The fraction of sp³-hybridized carbons (Fsp3) is 1.00. The topological polar surface area (TPSA) is 38.0 Å². The molecule has 0 aliphatic carbocycles. The average molecular weight is 166 g/mol. The van der Waals surface area contributed by atoms with Gasteiger partial charge >= 0.3 is 0 Å². The van der Waals surface area contributed by atoms with Crippen LogP contribution in [0.25, 0.3) is 0 Å². The first kappa shape index (κ1) is 10.8. The Morgan fingerprint density at radius 2 is 2.00 bits per heavy atom. The highest BCUT2D eigenvalue weighted by molar-refractivity contribution is 4.65. The second-order valence-corrected chi connectivity index (χ2v) is 2.60. The van der Waals surface area contributed by atoms with Crippen molar-refractivity contribution in [3.05, 3.63) is 0 Å². The molecule has 0 fully saturated rings. The molecule has 4 heteroatoms. The minimum atomic E-state index is -2.35. The van der Waals surface area contributed by atoms with Crippen LogP contribution in [0.1, 0.15) is 32.6 Å². The Morgan fingerprint density at radius 3 is 2.36 bits per heavy atom. The summed E-state index contributed by atoms with van der Waals surface area (Å²) in [7, 11) is 0. The van der Waals surface area contributed by atoms with E-state index in [4.69, 9.17) is 5.84 Å². The molecule has 68 valence electrons. The maximum Gasteiger partial charge on any atom is 0.255 e. The van der Waals surface area contributed by atoms with Gasteiger partial charge in [-0.15, -0.1) is 0 Å². The van der Waals surface area contributed by atoms with Crippen molar-refractivity contribution in [1.82, 2.24) is 5.43 Å². The largest absolute Gasteiger partial charge is 0.271 e. The maximum atomic E-state index is 12.0. The number of nitrogens with two attached hydrogens (primary N) is 1. The molecule has 0 aliphatic heterocycles. The summed E-state index contributed by atoms with van der Waals surface area (Å²) in [5.41, 5.74) is 2.11. The van der Waals surface area contributed by atoms with Gasteiger partial charge in [0.2, 0.25) is 0 Å². The Bertz CT molecular complexity index is 88.5. The Morgan fingerprint density at radius 1 is 1.36 bits per heavy atom.